The van der Waals surface area contributed by atoms with E-state index in [1.54, 1.807) is 25.1 Å². The van der Waals surface area contributed by atoms with Crippen LogP contribution in [0.5, 0.6) is 11.5 Å². The molecule has 0 bridgehead atoms. The van der Waals surface area contributed by atoms with Crippen molar-refractivity contribution in [1.82, 2.24) is 0 Å². The van der Waals surface area contributed by atoms with Gasteiger partial charge in [-0.05, 0) is 39.0 Å². The fourth-order valence-corrected chi connectivity index (χ4v) is 1.56. The van der Waals surface area contributed by atoms with Crippen LogP contribution in [0.2, 0.25) is 0 Å². The van der Waals surface area contributed by atoms with Crippen LogP contribution in [0.1, 0.15) is 31.1 Å². The lowest BCUT2D eigenvalue weighted by molar-refractivity contribution is 0.0991. The van der Waals surface area contributed by atoms with Gasteiger partial charge < -0.3 is 9.47 Å². The Morgan fingerprint density at radius 2 is 1.82 bits per heavy atom. The Kier molecular flexibility index (Phi) is 5.29. The van der Waals surface area contributed by atoms with Crippen LogP contribution in [0.4, 0.5) is 0 Å². The van der Waals surface area contributed by atoms with Gasteiger partial charge >= 0.3 is 0 Å². The van der Waals surface area contributed by atoms with Crippen LogP contribution in [0.15, 0.2) is 18.2 Å². The third kappa shape index (κ3) is 3.63. The molecular weight excluding hydrogens is 240 g/mol. The Balaban J connectivity index is 3.04. The lowest BCUT2D eigenvalue weighted by atomic mass is 10.1. The van der Waals surface area contributed by atoms with Gasteiger partial charge in [-0.1, -0.05) is 0 Å². The smallest absolute Gasteiger partial charge is 0.180 e. The Morgan fingerprint density at radius 3 is 2.35 bits per heavy atom. The summed E-state index contributed by atoms with van der Waals surface area (Å²) in [5.74, 6) is 1.11. The molecule has 4 heteroatoms. The summed E-state index contributed by atoms with van der Waals surface area (Å²) in [6, 6.07) is 5.12. The molecule has 0 heterocycles. The number of hydrogen-bond donors (Lipinski definition) is 0. The van der Waals surface area contributed by atoms with Gasteiger partial charge in [0, 0.05) is 5.56 Å². The number of alkyl halides is 1. The Bertz CT molecular complexity index is 388. The van der Waals surface area contributed by atoms with Crippen molar-refractivity contribution in [1.29, 1.82) is 0 Å². The van der Waals surface area contributed by atoms with Crippen LogP contribution < -0.4 is 9.47 Å². The van der Waals surface area contributed by atoms with E-state index in [2.05, 4.69) is 0 Å². The molecule has 0 aliphatic rings. The lowest BCUT2D eigenvalue weighted by Gasteiger charge is -2.12. The van der Waals surface area contributed by atoms with Crippen molar-refractivity contribution >= 4 is 17.4 Å². The van der Waals surface area contributed by atoms with E-state index < -0.39 is 5.38 Å². The van der Waals surface area contributed by atoms with Gasteiger partial charge in [0.25, 0.3) is 0 Å². The van der Waals surface area contributed by atoms with Crippen molar-refractivity contribution in [2.45, 2.75) is 26.1 Å². The third-order valence-corrected chi connectivity index (χ3v) is 2.39. The Hall–Kier alpha value is -1.22. The molecule has 17 heavy (non-hydrogen) atoms. The number of carbonyl (C=O) groups is 1. The Morgan fingerprint density at radius 1 is 1.24 bits per heavy atom. The number of benzene rings is 1. The molecule has 94 valence electrons. The van der Waals surface area contributed by atoms with E-state index in [9.17, 15) is 4.79 Å². The minimum Gasteiger partial charge on any atom is -0.490 e. The maximum Gasteiger partial charge on any atom is 0.180 e. The van der Waals surface area contributed by atoms with Crippen LogP contribution in [0, 0.1) is 0 Å². The first-order valence-corrected chi connectivity index (χ1v) is 6.11. The van der Waals surface area contributed by atoms with Crippen molar-refractivity contribution in [3.63, 3.8) is 0 Å². The van der Waals surface area contributed by atoms with Gasteiger partial charge in [-0.25, -0.2) is 0 Å². The largest absolute Gasteiger partial charge is 0.490 e. The number of hydrogen-bond acceptors (Lipinski definition) is 3. The molecule has 0 amide bonds. The maximum atomic E-state index is 11.7. The second-order valence-electron chi connectivity index (χ2n) is 3.51. The monoisotopic (exact) mass is 256 g/mol. The highest BCUT2D eigenvalue weighted by Crippen LogP contribution is 2.29. The molecule has 1 aromatic carbocycles. The van der Waals surface area contributed by atoms with E-state index in [-0.39, 0.29) is 5.78 Å². The summed E-state index contributed by atoms with van der Waals surface area (Å²) in [6.07, 6.45) is 0. The third-order valence-electron chi connectivity index (χ3n) is 2.19. The van der Waals surface area contributed by atoms with Crippen LogP contribution in [0.3, 0.4) is 0 Å². The van der Waals surface area contributed by atoms with Crippen molar-refractivity contribution < 1.29 is 14.3 Å². The molecule has 1 aromatic rings. The van der Waals surface area contributed by atoms with E-state index >= 15 is 0 Å². The van der Waals surface area contributed by atoms with Gasteiger partial charge in [-0.3, -0.25) is 4.79 Å². The van der Waals surface area contributed by atoms with E-state index in [1.165, 1.54) is 0 Å². The molecule has 1 rings (SSSR count). The van der Waals surface area contributed by atoms with Gasteiger partial charge in [0.2, 0.25) is 0 Å². The average molecular weight is 257 g/mol. The molecule has 0 saturated carbocycles. The lowest BCUT2D eigenvalue weighted by Crippen LogP contribution is -2.11. The second-order valence-corrected chi connectivity index (χ2v) is 4.16. The Labute approximate surface area is 107 Å². The number of carbonyl (C=O) groups excluding carboxylic acids is 1. The molecule has 1 atom stereocenters. The second kappa shape index (κ2) is 6.50. The molecule has 0 fully saturated rings. The molecule has 0 spiro atoms. The number of rotatable bonds is 6. The molecule has 0 aromatic heterocycles. The molecular formula is C13H17ClO3. The zero-order chi connectivity index (χ0) is 12.8. The summed E-state index contributed by atoms with van der Waals surface area (Å²) >= 11 is 5.77. The number of ether oxygens (including phenoxy) is 2. The standard InChI is InChI=1S/C13H17ClO3/c1-4-16-11-7-6-10(13(15)9(3)14)8-12(11)17-5-2/h6-9H,4-5H2,1-3H3. The topological polar surface area (TPSA) is 35.5 Å². The summed E-state index contributed by atoms with van der Waals surface area (Å²) in [6.45, 7) is 6.51. The number of halogens is 1. The van der Waals surface area contributed by atoms with E-state index in [0.29, 0.717) is 30.3 Å². The molecule has 1 unspecified atom stereocenters. The van der Waals surface area contributed by atoms with Gasteiger partial charge in [-0.2, -0.15) is 0 Å². The fourth-order valence-electron chi connectivity index (χ4n) is 1.43. The summed E-state index contributed by atoms with van der Waals surface area (Å²) < 4.78 is 10.9. The predicted octanol–water partition coefficient (Wildman–Crippen LogP) is 3.29. The normalized spacial score (nSPS) is 12.0. The first kappa shape index (κ1) is 13.8. The average Bonchev–Trinajstić information content (AvgIpc) is 2.31. The van der Waals surface area contributed by atoms with Gasteiger partial charge in [0.05, 0.1) is 18.6 Å². The van der Waals surface area contributed by atoms with Crippen LogP contribution >= 0.6 is 11.6 Å². The molecule has 0 aliphatic heterocycles. The summed E-state index contributed by atoms with van der Waals surface area (Å²) in [5, 5.41) is -0.539. The van der Waals surface area contributed by atoms with Crippen molar-refractivity contribution in [2.24, 2.45) is 0 Å². The number of Topliss-reactive ketones (excluding diaryl/α,β-unsaturated/α-hetero) is 1. The van der Waals surface area contributed by atoms with Crippen LogP contribution in [-0.2, 0) is 0 Å². The highest BCUT2D eigenvalue weighted by molar-refractivity contribution is 6.33. The summed E-state index contributed by atoms with van der Waals surface area (Å²) in [4.78, 5) is 11.7. The zero-order valence-corrected chi connectivity index (χ0v) is 11.1. The highest BCUT2D eigenvalue weighted by Gasteiger charge is 2.15. The molecule has 0 aliphatic carbocycles. The molecule has 3 nitrogen and oxygen atoms in total. The van der Waals surface area contributed by atoms with E-state index in [0.717, 1.165) is 0 Å². The van der Waals surface area contributed by atoms with Crippen molar-refractivity contribution in [2.75, 3.05) is 13.2 Å². The summed E-state index contributed by atoms with van der Waals surface area (Å²) in [5.41, 5.74) is 0.541. The van der Waals surface area contributed by atoms with Crippen molar-refractivity contribution in [3.05, 3.63) is 23.8 Å². The predicted molar refractivity (Wildman–Crippen MR) is 68.4 cm³/mol. The highest BCUT2D eigenvalue weighted by atomic mass is 35.5. The number of ketones is 1. The van der Waals surface area contributed by atoms with E-state index in [1.807, 2.05) is 13.8 Å². The molecule has 0 N–H and O–H groups in total. The minimum absolute atomic E-state index is 0.115. The maximum absolute atomic E-state index is 11.7. The SMILES string of the molecule is CCOc1ccc(C(=O)C(C)Cl)cc1OCC. The van der Waals surface area contributed by atoms with Crippen molar-refractivity contribution in [3.8, 4) is 11.5 Å². The van der Waals surface area contributed by atoms with Gasteiger partial charge in [-0.15, -0.1) is 11.6 Å². The van der Waals surface area contributed by atoms with Gasteiger partial charge in [0.1, 0.15) is 0 Å². The first-order valence-electron chi connectivity index (χ1n) is 5.68. The summed E-state index contributed by atoms with van der Waals surface area (Å²) in [7, 11) is 0. The fraction of sp³-hybridized carbons (Fsp3) is 0.462. The molecule has 0 saturated heterocycles. The molecule has 0 radical (unpaired) electrons. The van der Waals surface area contributed by atoms with Crippen LogP contribution in [-0.4, -0.2) is 24.4 Å². The van der Waals surface area contributed by atoms with Crippen LogP contribution in [0.25, 0.3) is 0 Å². The zero-order valence-electron chi connectivity index (χ0n) is 10.3. The quantitative estimate of drug-likeness (QED) is 0.579. The first-order chi connectivity index (χ1) is 8.10. The minimum atomic E-state index is -0.539. The van der Waals surface area contributed by atoms with Gasteiger partial charge in [0.15, 0.2) is 17.3 Å². The van der Waals surface area contributed by atoms with E-state index in [4.69, 9.17) is 21.1 Å².